The quantitative estimate of drug-likeness (QED) is 0.221. The zero-order chi connectivity index (χ0) is 26.0. The minimum absolute atomic E-state index is 0.240. The van der Waals surface area contributed by atoms with Crippen molar-refractivity contribution in [2.24, 2.45) is 0 Å². The van der Waals surface area contributed by atoms with Crippen molar-refractivity contribution in [1.29, 1.82) is 0 Å². The normalized spacial score (nSPS) is 13.2. The first kappa shape index (κ1) is 23.4. The lowest BCUT2D eigenvalue weighted by Crippen LogP contribution is -2.22. The molecule has 5 aromatic rings. The summed E-state index contributed by atoms with van der Waals surface area (Å²) in [5, 5.41) is 5.38. The molecule has 0 heteroatoms. The number of rotatable bonds is 6. The van der Waals surface area contributed by atoms with Crippen LogP contribution < -0.4 is 10.4 Å². The van der Waals surface area contributed by atoms with Crippen LogP contribution in [0, 0.1) is 10.4 Å². The maximum atomic E-state index is 2.46. The minimum Gasteiger partial charge on any atom is -0.0732 e. The van der Waals surface area contributed by atoms with Crippen LogP contribution in [0.2, 0.25) is 0 Å². The van der Waals surface area contributed by atoms with E-state index in [0.29, 0.717) is 0 Å². The average Bonchev–Trinajstić information content (AvgIpc) is 3.66. The van der Waals surface area contributed by atoms with E-state index in [0.717, 1.165) is 12.8 Å². The van der Waals surface area contributed by atoms with Gasteiger partial charge in [0.1, 0.15) is 0 Å². The van der Waals surface area contributed by atoms with E-state index in [4.69, 9.17) is 0 Å². The first-order valence-electron chi connectivity index (χ1n) is 13.8. The predicted octanol–water partition coefficient (Wildman–Crippen LogP) is 7.63. The summed E-state index contributed by atoms with van der Waals surface area (Å²) in [6.07, 6.45) is 13.4. The third-order valence-electron chi connectivity index (χ3n) is 8.00. The average molecular weight is 499 g/mol. The summed E-state index contributed by atoms with van der Waals surface area (Å²) in [7, 11) is 0. The maximum absolute atomic E-state index is 2.46. The molecule has 0 atom stereocenters. The Morgan fingerprint density at radius 2 is 1.13 bits per heavy atom. The highest BCUT2D eigenvalue weighted by Gasteiger charge is 2.22. The molecule has 2 aliphatic carbocycles. The van der Waals surface area contributed by atoms with Crippen molar-refractivity contribution < 1.29 is 0 Å². The first-order valence-corrected chi connectivity index (χ1v) is 13.8. The summed E-state index contributed by atoms with van der Waals surface area (Å²) in [6, 6.07) is 44.2. The molecule has 0 saturated carbocycles. The van der Waals surface area contributed by atoms with Gasteiger partial charge >= 0.3 is 0 Å². The third-order valence-corrected chi connectivity index (χ3v) is 8.00. The van der Waals surface area contributed by atoms with Gasteiger partial charge in [-0.25, -0.2) is 0 Å². The summed E-state index contributed by atoms with van der Waals surface area (Å²) in [4.78, 5) is 0. The molecule has 0 N–H and O–H groups in total. The molecule has 0 bridgehead atoms. The minimum atomic E-state index is 0.240. The summed E-state index contributed by atoms with van der Waals surface area (Å²) < 4.78 is 0. The van der Waals surface area contributed by atoms with Gasteiger partial charge in [-0.15, -0.1) is 0 Å². The van der Waals surface area contributed by atoms with Gasteiger partial charge in [-0.05, 0) is 79.2 Å². The molecule has 186 valence electrons. The van der Waals surface area contributed by atoms with Crippen LogP contribution in [-0.4, -0.2) is 0 Å². The Labute approximate surface area is 229 Å². The van der Waals surface area contributed by atoms with Gasteiger partial charge in [-0.1, -0.05) is 145 Å². The van der Waals surface area contributed by atoms with Gasteiger partial charge in [-0.3, -0.25) is 0 Å². The second kappa shape index (κ2) is 10.2. The zero-order valence-electron chi connectivity index (χ0n) is 21.9. The molecule has 0 fully saturated rings. The zero-order valence-corrected chi connectivity index (χ0v) is 21.9. The fraction of sp³-hybridized carbons (Fsp3) is 0.0769. The Bertz CT molecular complexity index is 1870. The van der Waals surface area contributed by atoms with Gasteiger partial charge in [0.25, 0.3) is 0 Å². The van der Waals surface area contributed by atoms with Gasteiger partial charge < -0.3 is 0 Å². The Morgan fingerprint density at radius 1 is 0.564 bits per heavy atom. The molecule has 0 saturated heterocycles. The number of benzene rings is 5. The molecule has 0 radical (unpaired) electrons. The third kappa shape index (κ3) is 4.49. The number of hydrogen-bond acceptors (Lipinski definition) is 0. The van der Waals surface area contributed by atoms with Crippen molar-refractivity contribution in [3.8, 4) is 11.1 Å². The molecular weight excluding hydrogens is 468 g/mol. The SMILES string of the molecule is C1=CC(c2c3c(cc(-c4ccccc4)c2=C(Cc2ccccc2)Cc2ccccc2)=c2ccccc2=C3)C=C1. The highest BCUT2D eigenvalue weighted by Crippen LogP contribution is 2.31. The van der Waals surface area contributed by atoms with Gasteiger partial charge in [0.15, 0.2) is 0 Å². The highest BCUT2D eigenvalue weighted by molar-refractivity contribution is 5.76. The summed E-state index contributed by atoms with van der Waals surface area (Å²) in [5.74, 6) is 0.240. The lowest BCUT2D eigenvalue weighted by Gasteiger charge is -2.20. The van der Waals surface area contributed by atoms with Gasteiger partial charge in [0.2, 0.25) is 0 Å². The second-order valence-corrected chi connectivity index (χ2v) is 10.5. The van der Waals surface area contributed by atoms with Crippen molar-refractivity contribution in [3.63, 3.8) is 0 Å². The van der Waals surface area contributed by atoms with Gasteiger partial charge in [-0.2, -0.15) is 0 Å². The summed E-state index contributed by atoms with van der Waals surface area (Å²) in [5.41, 5.74) is 9.54. The molecule has 0 amide bonds. The van der Waals surface area contributed by atoms with Crippen LogP contribution in [0.15, 0.2) is 146 Å². The van der Waals surface area contributed by atoms with Crippen LogP contribution >= 0.6 is 0 Å². The molecular formula is C39H30. The van der Waals surface area contributed by atoms with E-state index in [1.807, 2.05) is 0 Å². The lowest BCUT2D eigenvalue weighted by atomic mass is 9.83. The lowest BCUT2D eigenvalue weighted by molar-refractivity contribution is 1.05. The Morgan fingerprint density at radius 3 is 1.77 bits per heavy atom. The molecule has 7 rings (SSSR count). The first-order chi connectivity index (χ1) is 19.3. The van der Waals surface area contributed by atoms with Crippen LogP contribution in [0.25, 0.3) is 22.8 Å². The van der Waals surface area contributed by atoms with E-state index in [9.17, 15) is 0 Å². The topological polar surface area (TPSA) is 0 Å². The van der Waals surface area contributed by atoms with Crippen LogP contribution in [0.3, 0.4) is 0 Å². The van der Waals surface area contributed by atoms with E-state index >= 15 is 0 Å². The van der Waals surface area contributed by atoms with Crippen LogP contribution in [0.4, 0.5) is 0 Å². The monoisotopic (exact) mass is 498 g/mol. The molecule has 0 heterocycles. The number of hydrogen-bond donors (Lipinski definition) is 0. The van der Waals surface area contributed by atoms with Crippen molar-refractivity contribution in [2.45, 2.75) is 18.8 Å². The number of allylic oxidation sites excluding steroid dienone is 4. The summed E-state index contributed by atoms with van der Waals surface area (Å²) in [6.45, 7) is 0. The van der Waals surface area contributed by atoms with Crippen LogP contribution in [0.1, 0.15) is 28.2 Å². The standard InChI is InChI=1S/C39H30/c1-4-14-28(15-5-1)24-33(25-29-16-6-2-7-17-29)39-35(30-18-8-3-9-19-30)27-36-34-23-13-12-22-32(34)26-37(36)38(39)31-20-10-11-21-31/h1-23,26-27,31H,24-25H2. The fourth-order valence-electron chi connectivity index (χ4n) is 6.24. The fourth-order valence-corrected chi connectivity index (χ4v) is 6.24. The molecule has 39 heavy (non-hydrogen) atoms. The molecule has 0 unspecified atom stereocenters. The number of fused-ring (bicyclic) bond motifs is 2. The van der Waals surface area contributed by atoms with E-state index in [-0.39, 0.29) is 5.92 Å². The predicted molar refractivity (Wildman–Crippen MR) is 164 cm³/mol. The highest BCUT2D eigenvalue weighted by atomic mass is 14.3. The van der Waals surface area contributed by atoms with Crippen molar-refractivity contribution in [2.75, 3.05) is 0 Å². The molecule has 0 nitrogen and oxygen atoms in total. The molecule has 5 aromatic carbocycles. The van der Waals surface area contributed by atoms with Crippen LogP contribution in [-0.2, 0) is 12.8 Å². The van der Waals surface area contributed by atoms with E-state index in [2.05, 4.69) is 152 Å². The molecule has 0 aliphatic heterocycles. The second-order valence-electron chi connectivity index (χ2n) is 10.5. The Balaban J connectivity index is 1.65. The maximum Gasteiger partial charge on any atom is 0.0217 e. The van der Waals surface area contributed by atoms with E-state index < -0.39 is 0 Å². The van der Waals surface area contributed by atoms with Crippen LogP contribution in [0.5, 0.6) is 0 Å². The molecule has 0 aromatic heterocycles. The van der Waals surface area contributed by atoms with Gasteiger partial charge in [0, 0.05) is 5.92 Å². The van der Waals surface area contributed by atoms with E-state index in [1.165, 1.54) is 59.8 Å². The van der Waals surface area contributed by atoms with E-state index in [1.54, 1.807) is 0 Å². The van der Waals surface area contributed by atoms with Crippen molar-refractivity contribution >= 4 is 11.6 Å². The largest absolute Gasteiger partial charge is 0.0732 e. The van der Waals surface area contributed by atoms with Crippen molar-refractivity contribution in [1.82, 2.24) is 0 Å². The Hall–Kier alpha value is -4.68. The molecule has 0 spiro atoms. The smallest absolute Gasteiger partial charge is 0.0217 e. The summed E-state index contributed by atoms with van der Waals surface area (Å²) >= 11 is 0. The Kier molecular flexibility index (Phi) is 6.15. The molecule has 2 aliphatic rings. The van der Waals surface area contributed by atoms with Crippen molar-refractivity contribution in [3.05, 3.63) is 189 Å². The van der Waals surface area contributed by atoms with Gasteiger partial charge in [0.05, 0.1) is 0 Å².